The molecule has 2 bridgehead atoms. The van der Waals surface area contributed by atoms with Gasteiger partial charge in [0.2, 0.25) is 11.8 Å². The fraction of sp³-hybridized carbons (Fsp3) is 0.422. The summed E-state index contributed by atoms with van der Waals surface area (Å²) in [5.41, 5.74) is 6.69. The van der Waals surface area contributed by atoms with Gasteiger partial charge in [-0.05, 0) is 114 Å². The number of pyridine rings is 1. The molecule has 2 aromatic carbocycles. The molecule has 1 aliphatic heterocycles. The number of carbonyl (C=O) groups excluding carboxylic acids is 3. The first-order valence-corrected chi connectivity index (χ1v) is 20.5. The summed E-state index contributed by atoms with van der Waals surface area (Å²) in [7, 11) is 1.29. The number of alkyl carbamates (subject to hydrolysis) is 1. The predicted molar refractivity (Wildman–Crippen MR) is 217 cm³/mol. The van der Waals surface area contributed by atoms with E-state index in [-0.39, 0.29) is 35.6 Å². The zero-order valence-electron chi connectivity index (χ0n) is 33.3. The van der Waals surface area contributed by atoms with Crippen molar-refractivity contribution in [1.82, 2.24) is 40.5 Å². The summed E-state index contributed by atoms with van der Waals surface area (Å²) < 4.78 is 4.78. The van der Waals surface area contributed by atoms with Crippen LogP contribution in [-0.4, -0.2) is 72.5 Å². The molecule has 13 heteroatoms. The summed E-state index contributed by atoms with van der Waals surface area (Å²) >= 11 is 0. The molecular formula is C45H50N8O5. The number of imidazole rings is 2. The highest BCUT2D eigenvalue weighted by atomic mass is 16.5. The van der Waals surface area contributed by atoms with Crippen LogP contribution in [0, 0.1) is 23.7 Å². The van der Waals surface area contributed by atoms with Crippen LogP contribution in [-0.2, 0) is 26.5 Å². The Kier molecular flexibility index (Phi) is 9.66. The lowest BCUT2D eigenvalue weighted by atomic mass is 9.78. The quantitative estimate of drug-likeness (QED) is 0.105. The number of H-pyrrole nitrogens is 2. The first-order chi connectivity index (χ1) is 28.0. The van der Waals surface area contributed by atoms with E-state index in [0.717, 1.165) is 88.3 Å². The largest absolute Gasteiger partial charge is 0.453 e. The second kappa shape index (κ2) is 14.8. The first kappa shape index (κ1) is 37.7. The van der Waals surface area contributed by atoms with Gasteiger partial charge < -0.3 is 35.3 Å². The molecule has 4 heterocycles. The van der Waals surface area contributed by atoms with E-state index in [4.69, 9.17) is 14.7 Å². The summed E-state index contributed by atoms with van der Waals surface area (Å²) in [5, 5.41) is 18.1. The van der Waals surface area contributed by atoms with Crippen molar-refractivity contribution in [2.45, 2.75) is 83.0 Å². The topological polar surface area (TPSA) is 178 Å². The van der Waals surface area contributed by atoms with Crippen molar-refractivity contribution >= 4 is 17.9 Å². The average molecular weight is 783 g/mol. The summed E-state index contributed by atoms with van der Waals surface area (Å²) in [6, 6.07) is 15.2. The SMILES string of the molecule is COC(=O)N[C@H](C(=O)N1CCC[C@H]1c1ncc(-c2ccc3c(c2)[C@](C)(O)c2cc(-c4cnc([C@@H]5C6CCC(C6)[C@H]5C(=O)NCc5cccnc5)[nH]4)ccc2-3)[nH]1)C(C)C. The number of carbonyl (C=O) groups is 3. The van der Waals surface area contributed by atoms with Crippen molar-refractivity contribution in [2.75, 3.05) is 13.7 Å². The maximum Gasteiger partial charge on any atom is 0.407 e. The van der Waals surface area contributed by atoms with E-state index in [1.165, 1.54) is 7.11 Å². The molecule has 13 nitrogen and oxygen atoms in total. The summed E-state index contributed by atoms with van der Waals surface area (Å²) in [6.45, 7) is 6.65. The van der Waals surface area contributed by atoms with Gasteiger partial charge in [0.25, 0.3) is 0 Å². The number of aromatic amines is 2. The Labute approximate surface area is 337 Å². The standard InChI is InChI=1S/C45H50N8O5/c1-24(2)39(52-44(56)58-4)43(55)53-16-6-8-36(53)40-47-22-34(50-40)26-11-13-30-31-14-12-27(19-33(31)45(3,57)32(30)18-26)35-23-48-41(51-35)37-28-9-10-29(17-28)38(37)42(54)49-21-25-7-5-15-46-20-25/h5,7,11-15,18-20,22-24,28-29,36-39,57H,6,8-10,16-17,21H2,1-4H3,(H,47,50)(H,48,51)(H,49,54)(H,52,56)/t28?,29?,36-,37+,38+,39-,45-/m0/s1. The number of amides is 3. The molecule has 5 aromatic rings. The first-order valence-electron chi connectivity index (χ1n) is 20.5. The molecule has 4 aliphatic rings. The van der Waals surface area contributed by atoms with Crippen LogP contribution in [0.25, 0.3) is 33.6 Å². The number of aliphatic hydroxyl groups is 1. The van der Waals surface area contributed by atoms with Crippen LogP contribution in [0.15, 0.2) is 73.3 Å². The molecule has 58 heavy (non-hydrogen) atoms. The van der Waals surface area contributed by atoms with Crippen LogP contribution in [0.5, 0.6) is 0 Å². The van der Waals surface area contributed by atoms with Crippen molar-refractivity contribution in [2.24, 2.45) is 23.7 Å². The fourth-order valence-corrected chi connectivity index (χ4v) is 10.2. The second-order valence-corrected chi connectivity index (χ2v) is 17.0. The molecule has 3 aromatic heterocycles. The van der Waals surface area contributed by atoms with Gasteiger partial charge in [-0.3, -0.25) is 14.6 Å². The number of fused-ring (bicyclic) bond motifs is 5. The van der Waals surface area contributed by atoms with Crippen LogP contribution < -0.4 is 10.6 Å². The lowest BCUT2D eigenvalue weighted by Crippen LogP contribution is -2.51. The van der Waals surface area contributed by atoms with Crippen LogP contribution in [0.3, 0.4) is 0 Å². The van der Waals surface area contributed by atoms with Gasteiger partial charge in [-0.15, -0.1) is 0 Å². The third-order valence-corrected chi connectivity index (χ3v) is 13.2. The van der Waals surface area contributed by atoms with E-state index >= 15 is 0 Å². The number of nitrogens with one attached hydrogen (secondary N) is 4. The average Bonchev–Trinajstić information content (AvgIpc) is 4.10. The Morgan fingerprint density at radius 2 is 1.60 bits per heavy atom. The normalized spacial score (nSPS) is 24.8. The van der Waals surface area contributed by atoms with Crippen molar-refractivity contribution in [3.8, 4) is 33.6 Å². The van der Waals surface area contributed by atoms with E-state index in [2.05, 4.69) is 37.7 Å². The molecule has 3 fully saturated rings. The number of hydrogen-bond donors (Lipinski definition) is 5. The monoisotopic (exact) mass is 782 g/mol. The number of methoxy groups -OCH3 is 1. The Balaban J connectivity index is 0.928. The van der Waals surface area contributed by atoms with Crippen molar-refractivity contribution < 1.29 is 24.2 Å². The van der Waals surface area contributed by atoms with Gasteiger partial charge in [0.05, 0.1) is 42.9 Å². The molecule has 3 amide bonds. The minimum atomic E-state index is -1.27. The second-order valence-electron chi connectivity index (χ2n) is 17.0. The van der Waals surface area contributed by atoms with Gasteiger partial charge in [0, 0.05) is 31.4 Å². The molecule has 0 spiro atoms. The van der Waals surface area contributed by atoms with Crippen molar-refractivity contribution in [1.29, 1.82) is 0 Å². The Hall–Kier alpha value is -5.82. The van der Waals surface area contributed by atoms with Gasteiger partial charge >= 0.3 is 6.09 Å². The highest BCUT2D eigenvalue weighted by Crippen LogP contribution is 2.56. The number of ether oxygens (including phenoxy) is 1. The summed E-state index contributed by atoms with van der Waals surface area (Å²) in [4.78, 5) is 62.0. The smallest absolute Gasteiger partial charge is 0.407 e. The third kappa shape index (κ3) is 6.54. The molecular weight excluding hydrogens is 733 g/mol. The van der Waals surface area contributed by atoms with Gasteiger partial charge in [-0.1, -0.05) is 44.2 Å². The van der Waals surface area contributed by atoms with Crippen LogP contribution >= 0.6 is 0 Å². The molecule has 0 radical (unpaired) electrons. The highest BCUT2D eigenvalue weighted by Gasteiger charge is 2.52. The summed E-state index contributed by atoms with van der Waals surface area (Å²) in [6.07, 6.45) is 11.3. The molecule has 5 N–H and O–H groups in total. The van der Waals surface area contributed by atoms with Crippen LogP contribution in [0.2, 0.25) is 0 Å². The molecule has 2 unspecified atom stereocenters. The predicted octanol–water partition coefficient (Wildman–Crippen LogP) is 6.59. The molecule has 3 aliphatic carbocycles. The number of rotatable bonds is 10. The molecule has 1 saturated heterocycles. The van der Waals surface area contributed by atoms with E-state index in [9.17, 15) is 19.5 Å². The number of aromatic nitrogens is 5. The van der Waals surface area contributed by atoms with Gasteiger partial charge in [-0.2, -0.15) is 0 Å². The number of likely N-dealkylation sites (tertiary alicyclic amines) is 1. The number of benzene rings is 2. The van der Waals surface area contributed by atoms with E-state index in [0.29, 0.717) is 30.7 Å². The van der Waals surface area contributed by atoms with Crippen LogP contribution in [0.4, 0.5) is 4.79 Å². The third-order valence-electron chi connectivity index (χ3n) is 13.2. The maximum atomic E-state index is 13.7. The fourth-order valence-electron chi connectivity index (χ4n) is 10.2. The van der Waals surface area contributed by atoms with Gasteiger partial charge in [-0.25, -0.2) is 14.8 Å². The zero-order valence-corrected chi connectivity index (χ0v) is 33.3. The van der Waals surface area contributed by atoms with Crippen LogP contribution in [0.1, 0.15) is 93.2 Å². The summed E-state index contributed by atoms with van der Waals surface area (Å²) in [5.74, 6) is 2.00. The van der Waals surface area contributed by atoms with E-state index in [1.807, 2.05) is 63.4 Å². The Morgan fingerprint density at radius 1 is 0.931 bits per heavy atom. The molecule has 7 atom stereocenters. The minimum Gasteiger partial charge on any atom is -0.453 e. The van der Waals surface area contributed by atoms with Crippen molar-refractivity contribution in [3.05, 3.63) is 102 Å². The highest BCUT2D eigenvalue weighted by molar-refractivity contribution is 5.87. The lowest BCUT2D eigenvalue weighted by molar-refractivity contribution is -0.135. The Bertz CT molecular complexity index is 2370. The Morgan fingerprint density at radius 3 is 2.26 bits per heavy atom. The molecule has 2 saturated carbocycles. The molecule has 9 rings (SSSR count). The maximum absolute atomic E-state index is 13.7. The van der Waals surface area contributed by atoms with E-state index < -0.39 is 17.7 Å². The lowest BCUT2D eigenvalue weighted by Gasteiger charge is -2.30. The van der Waals surface area contributed by atoms with Gasteiger partial charge in [0.1, 0.15) is 23.3 Å². The number of nitrogens with zero attached hydrogens (tertiary/aromatic N) is 4. The molecule has 300 valence electrons. The minimum absolute atomic E-state index is 0.0300. The zero-order chi connectivity index (χ0) is 40.3. The van der Waals surface area contributed by atoms with Gasteiger partial charge in [0.15, 0.2) is 0 Å². The van der Waals surface area contributed by atoms with E-state index in [1.54, 1.807) is 23.5 Å². The van der Waals surface area contributed by atoms with Crippen molar-refractivity contribution in [3.63, 3.8) is 0 Å². The number of hydrogen-bond acceptors (Lipinski definition) is 8.